The number of urea groups is 1. The molecule has 1 fully saturated rings. The van der Waals surface area contributed by atoms with Crippen LogP contribution in [-0.4, -0.2) is 23.0 Å². The van der Waals surface area contributed by atoms with Crippen molar-refractivity contribution in [1.82, 2.24) is 10.3 Å². The molecule has 0 aliphatic heterocycles. The summed E-state index contributed by atoms with van der Waals surface area (Å²) in [5.41, 5.74) is 2.52. The summed E-state index contributed by atoms with van der Waals surface area (Å²) < 4.78 is 0. The van der Waals surface area contributed by atoms with Gasteiger partial charge in [-0.15, -0.1) is 11.3 Å². The van der Waals surface area contributed by atoms with E-state index in [1.807, 2.05) is 31.2 Å². The van der Waals surface area contributed by atoms with Crippen molar-refractivity contribution in [3.63, 3.8) is 0 Å². The van der Waals surface area contributed by atoms with Crippen LogP contribution >= 0.6 is 11.3 Å². The lowest BCUT2D eigenvalue weighted by Crippen LogP contribution is -2.33. The van der Waals surface area contributed by atoms with Crippen molar-refractivity contribution >= 4 is 34.1 Å². The minimum absolute atomic E-state index is 0.00661. The Hall–Kier alpha value is -2.41. The minimum Gasteiger partial charge on any atom is -0.353 e. The standard InChI is InChI=1S/C18H22N4O2S/c1-12-6-8-14(9-7-12)20-17(24)22-18-21-15(11-25-18)10-16(23)19-13-4-2-3-5-13/h6-9,11,13H,2-5,10H2,1H3,(H,19,23)(H2,20,21,22,24). The predicted octanol–water partition coefficient (Wildman–Crippen LogP) is 3.70. The number of aromatic nitrogens is 1. The van der Waals surface area contributed by atoms with Gasteiger partial charge in [-0.25, -0.2) is 9.78 Å². The molecule has 1 aromatic carbocycles. The lowest BCUT2D eigenvalue weighted by Gasteiger charge is -2.10. The molecule has 0 spiro atoms. The van der Waals surface area contributed by atoms with Crippen LogP contribution in [0.5, 0.6) is 0 Å². The van der Waals surface area contributed by atoms with E-state index in [2.05, 4.69) is 20.9 Å². The van der Waals surface area contributed by atoms with Crippen LogP contribution in [0.3, 0.4) is 0 Å². The Morgan fingerprint density at radius 2 is 1.88 bits per heavy atom. The summed E-state index contributed by atoms with van der Waals surface area (Å²) in [4.78, 5) is 28.3. The average molecular weight is 358 g/mol. The van der Waals surface area contributed by atoms with Crippen LogP contribution in [0.2, 0.25) is 0 Å². The zero-order valence-corrected chi connectivity index (χ0v) is 15.0. The average Bonchev–Trinajstić information content (AvgIpc) is 3.22. The van der Waals surface area contributed by atoms with E-state index in [9.17, 15) is 9.59 Å². The van der Waals surface area contributed by atoms with Crippen LogP contribution in [0.4, 0.5) is 15.6 Å². The Morgan fingerprint density at radius 3 is 2.60 bits per heavy atom. The number of aryl methyl sites for hydroxylation is 1. The largest absolute Gasteiger partial charge is 0.353 e. The molecule has 1 aromatic heterocycles. The molecular weight excluding hydrogens is 336 g/mol. The summed E-state index contributed by atoms with van der Waals surface area (Å²) in [7, 11) is 0. The highest BCUT2D eigenvalue weighted by molar-refractivity contribution is 7.14. The van der Waals surface area contributed by atoms with Crippen molar-refractivity contribution in [2.75, 3.05) is 10.6 Å². The second-order valence-corrected chi connectivity index (χ2v) is 7.17. The third-order valence-electron chi connectivity index (χ3n) is 4.14. The van der Waals surface area contributed by atoms with Gasteiger partial charge < -0.3 is 10.6 Å². The van der Waals surface area contributed by atoms with Gasteiger partial charge in [0.05, 0.1) is 12.1 Å². The van der Waals surface area contributed by atoms with Crippen molar-refractivity contribution in [1.29, 1.82) is 0 Å². The van der Waals surface area contributed by atoms with Crippen molar-refractivity contribution in [3.8, 4) is 0 Å². The number of hydrogen-bond donors (Lipinski definition) is 3. The topological polar surface area (TPSA) is 83.1 Å². The number of thiazole rings is 1. The second-order valence-electron chi connectivity index (χ2n) is 6.31. The van der Waals surface area contributed by atoms with Crippen molar-refractivity contribution in [2.24, 2.45) is 0 Å². The molecule has 2 aromatic rings. The molecule has 7 heteroatoms. The molecule has 3 rings (SSSR count). The Labute approximate surface area is 151 Å². The van der Waals surface area contributed by atoms with Crippen LogP contribution in [0.15, 0.2) is 29.6 Å². The van der Waals surface area contributed by atoms with Crippen molar-refractivity contribution in [2.45, 2.75) is 45.1 Å². The Morgan fingerprint density at radius 1 is 1.16 bits per heavy atom. The van der Waals surface area contributed by atoms with Gasteiger partial charge in [-0.2, -0.15) is 0 Å². The minimum atomic E-state index is -0.347. The monoisotopic (exact) mass is 358 g/mol. The quantitative estimate of drug-likeness (QED) is 0.762. The molecular formula is C18H22N4O2S. The van der Waals surface area contributed by atoms with Gasteiger partial charge in [0.15, 0.2) is 5.13 Å². The number of hydrogen-bond acceptors (Lipinski definition) is 4. The molecule has 0 bridgehead atoms. The molecule has 1 heterocycles. The van der Waals surface area contributed by atoms with E-state index in [1.54, 1.807) is 5.38 Å². The fourth-order valence-electron chi connectivity index (χ4n) is 2.86. The molecule has 0 atom stereocenters. The van der Waals surface area contributed by atoms with Gasteiger partial charge in [0.2, 0.25) is 5.91 Å². The van der Waals surface area contributed by atoms with Crippen LogP contribution in [0.1, 0.15) is 36.9 Å². The molecule has 1 aliphatic carbocycles. The molecule has 3 amide bonds. The molecule has 6 nitrogen and oxygen atoms in total. The van der Waals surface area contributed by atoms with Gasteiger partial charge in [0.25, 0.3) is 0 Å². The van der Waals surface area contributed by atoms with Crippen LogP contribution < -0.4 is 16.0 Å². The first-order valence-corrected chi connectivity index (χ1v) is 9.35. The summed E-state index contributed by atoms with van der Waals surface area (Å²) in [5.74, 6) is -0.00661. The Kier molecular flexibility index (Phi) is 5.65. The van der Waals surface area contributed by atoms with Crippen LogP contribution in [0.25, 0.3) is 0 Å². The van der Waals surface area contributed by atoms with E-state index in [4.69, 9.17) is 0 Å². The number of carbonyl (C=O) groups excluding carboxylic acids is 2. The number of rotatable bonds is 5. The van der Waals surface area contributed by atoms with E-state index in [0.29, 0.717) is 16.9 Å². The van der Waals surface area contributed by atoms with Crippen LogP contribution in [0, 0.1) is 6.92 Å². The molecule has 25 heavy (non-hydrogen) atoms. The zero-order valence-electron chi connectivity index (χ0n) is 14.2. The summed E-state index contributed by atoms with van der Waals surface area (Å²) in [6.45, 7) is 1.99. The summed E-state index contributed by atoms with van der Waals surface area (Å²) in [5, 5.41) is 10.8. The highest BCUT2D eigenvalue weighted by Gasteiger charge is 2.18. The first kappa shape index (κ1) is 17.4. The van der Waals surface area contributed by atoms with Gasteiger partial charge in [0, 0.05) is 17.1 Å². The molecule has 0 saturated heterocycles. The zero-order chi connectivity index (χ0) is 17.6. The van der Waals surface area contributed by atoms with Gasteiger partial charge in [-0.05, 0) is 31.9 Å². The third-order valence-corrected chi connectivity index (χ3v) is 4.95. The van der Waals surface area contributed by atoms with Gasteiger partial charge in [0.1, 0.15) is 0 Å². The third kappa shape index (κ3) is 5.29. The molecule has 0 radical (unpaired) electrons. The normalized spacial score (nSPS) is 14.3. The summed E-state index contributed by atoms with van der Waals surface area (Å²) in [6, 6.07) is 7.51. The van der Waals surface area contributed by atoms with E-state index in [1.165, 1.54) is 24.2 Å². The Bertz CT molecular complexity index is 736. The smallest absolute Gasteiger partial charge is 0.325 e. The number of amides is 3. The fourth-order valence-corrected chi connectivity index (χ4v) is 3.56. The molecule has 1 saturated carbocycles. The first-order chi connectivity index (χ1) is 12.1. The number of carbonyl (C=O) groups is 2. The fraction of sp³-hybridized carbons (Fsp3) is 0.389. The lowest BCUT2D eigenvalue weighted by atomic mass is 10.2. The number of nitrogens with one attached hydrogen (secondary N) is 3. The lowest BCUT2D eigenvalue weighted by molar-refractivity contribution is -0.121. The van der Waals surface area contributed by atoms with E-state index >= 15 is 0 Å². The molecule has 3 N–H and O–H groups in total. The highest BCUT2D eigenvalue weighted by Crippen LogP contribution is 2.19. The van der Waals surface area contributed by atoms with Gasteiger partial charge in [-0.3, -0.25) is 10.1 Å². The van der Waals surface area contributed by atoms with E-state index in [0.717, 1.165) is 24.1 Å². The second kappa shape index (κ2) is 8.11. The van der Waals surface area contributed by atoms with E-state index < -0.39 is 0 Å². The van der Waals surface area contributed by atoms with Crippen molar-refractivity contribution < 1.29 is 9.59 Å². The molecule has 132 valence electrons. The highest BCUT2D eigenvalue weighted by atomic mass is 32.1. The molecule has 0 unspecified atom stereocenters. The number of benzene rings is 1. The SMILES string of the molecule is Cc1ccc(NC(=O)Nc2nc(CC(=O)NC3CCCC3)cs2)cc1. The van der Waals surface area contributed by atoms with Gasteiger partial charge >= 0.3 is 6.03 Å². The predicted molar refractivity (Wildman–Crippen MR) is 100 cm³/mol. The van der Waals surface area contributed by atoms with E-state index in [-0.39, 0.29) is 18.4 Å². The van der Waals surface area contributed by atoms with Crippen molar-refractivity contribution in [3.05, 3.63) is 40.9 Å². The van der Waals surface area contributed by atoms with Gasteiger partial charge in [-0.1, -0.05) is 30.5 Å². The first-order valence-electron chi connectivity index (χ1n) is 8.47. The molecule has 1 aliphatic rings. The Balaban J connectivity index is 1.48. The van der Waals surface area contributed by atoms with Crippen LogP contribution in [-0.2, 0) is 11.2 Å². The summed E-state index contributed by atoms with van der Waals surface area (Å²) >= 11 is 1.31. The summed E-state index contributed by atoms with van der Waals surface area (Å²) in [6.07, 6.45) is 4.75. The number of anilines is 2. The maximum atomic E-state index is 12.0. The number of nitrogens with zero attached hydrogens (tertiary/aromatic N) is 1. The maximum Gasteiger partial charge on any atom is 0.325 e. The maximum absolute atomic E-state index is 12.0.